The van der Waals surface area contributed by atoms with Gasteiger partial charge in [-0.2, -0.15) is 0 Å². The van der Waals surface area contributed by atoms with Crippen LogP contribution in [-0.4, -0.2) is 24.7 Å². The van der Waals surface area contributed by atoms with Crippen LogP contribution in [-0.2, 0) is 0 Å². The zero-order chi connectivity index (χ0) is 12.8. The van der Waals surface area contributed by atoms with Crippen LogP contribution >= 0.6 is 0 Å². The SMILES string of the molecule is COc1cccc2c(N3CCCC4CC43)nccc12. The highest BCUT2D eigenvalue weighted by Crippen LogP contribution is 2.46. The molecule has 1 aliphatic carbocycles. The van der Waals surface area contributed by atoms with Gasteiger partial charge in [-0.3, -0.25) is 0 Å². The van der Waals surface area contributed by atoms with Crippen LogP contribution in [0.5, 0.6) is 5.75 Å². The zero-order valence-electron chi connectivity index (χ0n) is 11.2. The molecule has 2 aromatic rings. The van der Waals surface area contributed by atoms with E-state index in [2.05, 4.69) is 22.0 Å². The number of ether oxygens (including phenoxy) is 1. The lowest BCUT2D eigenvalue weighted by molar-refractivity contribution is 0.420. The maximum atomic E-state index is 5.46. The first kappa shape index (κ1) is 11.1. The molecule has 1 aliphatic heterocycles. The van der Waals surface area contributed by atoms with Crippen LogP contribution in [0.25, 0.3) is 10.8 Å². The van der Waals surface area contributed by atoms with Crippen LogP contribution in [0.1, 0.15) is 19.3 Å². The number of aromatic nitrogens is 1. The average Bonchev–Trinajstić information content (AvgIpc) is 3.25. The van der Waals surface area contributed by atoms with Gasteiger partial charge in [-0.25, -0.2) is 4.98 Å². The Hall–Kier alpha value is -1.77. The lowest BCUT2D eigenvalue weighted by atomic mass is 10.1. The summed E-state index contributed by atoms with van der Waals surface area (Å²) in [6, 6.07) is 9.01. The minimum atomic E-state index is 0.734. The molecule has 98 valence electrons. The summed E-state index contributed by atoms with van der Waals surface area (Å²) in [6.45, 7) is 1.14. The summed E-state index contributed by atoms with van der Waals surface area (Å²) in [4.78, 5) is 7.16. The van der Waals surface area contributed by atoms with E-state index in [9.17, 15) is 0 Å². The Kier molecular flexibility index (Phi) is 2.40. The Morgan fingerprint density at radius 2 is 2.21 bits per heavy atom. The number of piperidine rings is 1. The number of fused-ring (bicyclic) bond motifs is 2. The number of rotatable bonds is 2. The quantitative estimate of drug-likeness (QED) is 0.822. The molecule has 2 unspecified atom stereocenters. The third kappa shape index (κ3) is 1.68. The number of anilines is 1. The molecule has 0 spiro atoms. The van der Waals surface area contributed by atoms with Crippen LogP contribution in [0.15, 0.2) is 30.5 Å². The summed E-state index contributed by atoms with van der Waals surface area (Å²) in [5.74, 6) is 2.99. The smallest absolute Gasteiger partial charge is 0.136 e. The second-order valence-corrected chi connectivity index (χ2v) is 5.59. The molecule has 0 amide bonds. The largest absolute Gasteiger partial charge is 0.496 e. The molecule has 2 atom stereocenters. The van der Waals surface area contributed by atoms with E-state index in [0.717, 1.165) is 35.5 Å². The Morgan fingerprint density at radius 3 is 3.11 bits per heavy atom. The number of benzene rings is 1. The highest BCUT2D eigenvalue weighted by Gasteiger charge is 2.44. The monoisotopic (exact) mass is 254 g/mol. The van der Waals surface area contributed by atoms with Crippen molar-refractivity contribution in [2.45, 2.75) is 25.3 Å². The van der Waals surface area contributed by atoms with Crippen molar-refractivity contribution in [3.63, 3.8) is 0 Å². The van der Waals surface area contributed by atoms with Crippen molar-refractivity contribution in [1.82, 2.24) is 4.98 Å². The van der Waals surface area contributed by atoms with E-state index in [0.29, 0.717) is 0 Å². The molecule has 1 aromatic carbocycles. The first-order chi connectivity index (χ1) is 9.38. The molecule has 0 radical (unpaired) electrons. The van der Waals surface area contributed by atoms with E-state index in [1.807, 2.05) is 18.3 Å². The Morgan fingerprint density at radius 1 is 1.26 bits per heavy atom. The van der Waals surface area contributed by atoms with Gasteiger partial charge in [0, 0.05) is 29.6 Å². The molecule has 19 heavy (non-hydrogen) atoms. The van der Waals surface area contributed by atoms with E-state index >= 15 is 0 Å². The number of nitrogens with zero attached hydrogens (tertiary/aromatic N) is 2. The van der Waals surface area contributed by atoms with E-state index in [-0.39, 0.29) is 0 Å². The molecule has 3 heteroatoms. The number of methoxy groups -OCH3 is 1. The van der Waals surface area contributed by atoms with Gasteiger partial charge in [0.1, 0.15) is 11.6 Å². The minimum absolute atomic E-state index is 0.734. The number of hydrogen-bond donors (Lipinski definition) is 0. The lowest BCUT2D eigenvalue weighted by Gasteiger charge is -2.28. The fraction of sp³-hybridized carbons (Fsp3) is 0.438. The summed E-state index contributed by atoms with van der Waals surface area (Å²) in [6.07, 6.45) is 5.95. The predicted molar refractivity (Wildman–Crippen MR) is 76.8 cm³/mol. The molecule has 1 saturated heterocycles. The summed E-state index contributed by atoms with van der Waals surface area (Å²) < 4.78 is 5.46. The molecule has 2 fully saturated rings. The molecule has 1 aromatic heterocycles. The van der Waals surface area contributed by atoms with Crippen molar-refractivity contribution >= 4 is 16.6 Å². The predicted octanol–water partition coefficient (Wildman–Crippen LogP) is 3.23. The van der Waals surface area contributed by atoms with Crippen LogP contribution in [0, 0.1) is 5.92 Å². The van der Waals surface area contributed by atoms with Crippen molar-refractivity contribution in [3.8, 4) is 5.75 Å². The highest BCUT2D eigenvalue weighted by atomic mass is 16.5. The van der Waals surface area contributed by atoms with Crippen LogP contribution < -0.4 is 9.64 Å². The van der Waals surface area contributed by atoms with Gasteiger partial charge < -0.3 is 9.64 Å². The van der Waals surface area contributed by atoms with Crippen molar-refractivity contribution in [1.29, 1.82) is 0 Å². The molecule has 0 bridgehead atoms. The van der Waals surface area contributed by atoms with E-state index < -0.39 is 0 Å². The van der Waals surface area contributed by atoms with Crippen LogP contribution in [0.2, 0.25) is 0 Å². The topological polar surface area (TPSA) is 25.4 Å². The van der Waals surface area contributed by atoms with Crippen LogP contribution in [0.4, 0.5) is 5.82 Å². The standard InChI is InChI=1S/C16H18N2O/c1-19-15-6-2-5-13-12(15)7-8-17-16(13)18-9-3-4-11-10-14(11)18/h2,5-8,11,14H,3-4,9-10H2,1H3. The molecule has 1 saturated carbocycles. The minimum Gasteiger partial charge on any atom is -0.496 e. The second-order valence-electron chi connectivity index (χ2n) is 5.59. The molecule has 2 aliphatic rings. The lowest BCUT2D eigenvalue weighted by Crippen LogP contribution is -2.32. The summed E-state index contributed by atoms with van der Waals surface area (Å²) in [5, 5.41) is 2.38. The molecular formula is C16H18N2O. The maximum absolute atomic E-state index is 5.46. The highest BCUT2D eigenvalue weighted by molar-refractivity contribution is 5.96. The van der Waals surface area contributed by atoms with E-state index in [1.54, 1.807) is 7.11 Å². The van der Waals surface area contributed by atoms with Gasteiger partial charge in [-0.1, -0.05) is 12.1 Å². The van der Waals surface area contributed by atoms with Gasteiger partial charge in [0.05, 0.1) is 7.11 Å². The molecule has 0 N–H and O–H groups in total. The zero-order valence-corrected chi connectivity index (χ0v) is 11.2. The summed E-state index contributed by atoms with van der Waals surface area (Å²) in [7, 11) is 1.73. The molecular weight excluding hydrogens is 236 g/mol. The van der Waals surface area contributed by atoms with Gasteiger partial charge in [0.25, 0.3) is 0 Å². The fourth-order valence-electron chi connectivity index (χ4n) is 3.45. The fourth-order valence-corrected chi connectivity index (χ4v) is 3.45. The first-order valence-electron chi connectivity index (χ1n) is 7.07. The number of hydrogen-bond acceptors (Lipinski definition) is 3. The number of pyridine rings is 1. The maximum Gasteiger partial charge on any atom is 0.136 e. The average molecular weight is 254 g/mol. The summed E-state index contributed by atoms with van der Waals surface area (Å²) >= 11 is 0. The van der Waals surface area contributed by atoms with Gasteiger partial charge in [-0.05, 0) is 37.3 Å². The molecule has 3 nitrogen and oxygen atoms in total. The van der Waals surface area contributed by atoms with Gasteiger partial charge in [0.15, 0.2) is 0 Å². The van der Waals surface area contributed by atoms with Crippen molar-refractivity contribution < 1.29 is 4.74 Å². The van der Waals surface area contributed by atoms with E-state index in [1.165, 1.54) is 24.6 Å². The van der Waals surface area contributed by atoms with Gasteiger partial charge in [-0.15, -0.1) is 0 Å². The summed E-state index contributed by atoms with van der Waals surface area (Å²) in [5.41, 5.74) is 0. The van der Waals surface area contributed by atoms with Gasteiger partial charge in [0.2, 0.25) is 0 Å². The third-order valence-electron chi connectivity index (χ3n) is 4.50. The van der Waals surface area contributed by atoms with Gasteiger partial charge >= 0.3 is 0 Å². The normalized spacial score (nSPS) is 25.2. The Bertz CT molecular complexity index is 625. The van der Waals surface area contributed by atoms with Crippen molar-refractivity contribution in [2.75, 3.05) is 18.6 Å². The Labute approximate surface area is 113 Å². The van der Waals surface area contributed by atoms with Crippen molar-refractivity contribution in [3.05, 3.63) is 30.5 Å². The third-order valence-corrected chi connectivity index (χ3v) is 4.50. The van der Waals surface area contributed by atoms with Crippen molar-refractivity contribution in [2.24, 2.45) is 5.92 Å². The van der Waals surface area contributed by atoms with E-state index in [4.69, 9.17) is 4.74 Å². The van der Waals surface area contributed by atoms with Crippen LogP contribution in [0.3, 0.4) is 0 Å². The second kappa shape index (κ2) is 4.12. The molecule has 2 heterocycles. The first-order valence-corrected chi connectivity index (χ1v) is 7.07. The molecule has 4 rings (SSSR count). The Balaban J connectivity index is 1.85.